The summed E-state index contributed by atoms with van der Waals surface area (Å²) in [5, 5.41) is 8.35. The number of carbonyl (C=O) groups is 1. The first-order valence-electron chi connectivity index (χ1n) is 7.27. The van der Waals surface area contributed by atoms with Crippen LogP contribution in [0.1, 0.15) is 11.3 Å². The van der Waals surface area contributed by atoms with E-state index in [0.29, 0.717) is 17.3 Å². The highest BCUT2D eigenvalue weighted by molar-refractivity contribution is 6.31. The van der Waals surface area contributed by atoms with Crippen LogP contribution in [0.5, 0.6) is 0 Å². The number of urea groups is 1. The monoisotopic (exact) mass is 325 g/mol. The maximum Gasteiger partial charge on any atom is 0.319 e. The van der Waals surface area contributed by atoms with Crippen LogP contribution in [0.3, 0.4) is 0 Å². The molecule has 0 saturated carbocycles. The summed E-state index contributed by atoms with van der Waals surface area (Å²) in [5.74, 6) is 0. The number of nitrogens with one attached hydrogen (secondary N) is 2. The number of aromatic nitrogens is 1. The molecule has 116 valence electrons. The minimum atomic E-state index is -0.292. The van der Waals surface area contributed by atoms with Gasteiger partial charge in [-0.1, -0.05) is 41.9 Å². The number of amides is 2. The molecule has 3 aromatic rings. The molecule has 0 aliphatic heterocycles. The van der Waals surface area contributed by atoms with E-state index >= 15 is 0 Å². The standard InChI is InChI=1S/C18H16ClN3O/c1-12-6-7-14(10-16(12)19)22-18(23)21-11-17-15-5-3-2-4-13(15)8-9-20-17/h2-10H,11H2,1H3,(H2,21,22,23). The Balaban J connectivity index is 1.67. The lowest BCUT2D eigenvalue weighted by molar-refractivity contribution is 0.251. The Morgan fingerprint density at radius 2 is 2.00 bits per heavy atom. The van der Waals surface area contributed by atoms with Crippen molar-refractivity contribution in [3.05, 3.63) is 71.0 Å². The molecule has 2 N–H and O–H groups in total. The summed E-state index contributed by atoms with van der Waals surface area (Å²) in [6, 6.07) is 15.0. The number of anilines is 1. The molecule has 23 heavy (non-hydrogen) atoms. The third-order valence-electron chi connectivity index (χ3n) is 3.60. The Morgan fingerprint density at radius 3 is 2.83 bits per heavy atom. The number of rotatable bonds is 3. The summed E-state index contributed by atoms with van der Waals surface area (Å²) in [6.45, 7) is 2.27. The predicted molar refractivity (Wildman–Crippen MR) is 93.8 cm³/mol. The molecule has 1 heterocycles. The highest BCUT2D eigenvalue weighted by Gasteiger charge is 2.06. The summed E-state index contributed by atoms with van der Waals surface area (Å²) in [4.78, 5) is 16.4. The van der Waals surface area contributed by atoms with Crippen LogP contribution in [0.4, 0.5) is 10.5 Å². The molecule has 0 saturated heterocycles. The molecule has 5 heteroatoms. The van der Waals surface area contributed by atoms with E-state index in [2.05, 4.69) is 15.6 Å². The number of hydrogen-bond donors (Lipinski definition) is 2. The van der Waals surface area contributed by atoms with Crippen molar-refractivity contribution in [1.29, 1.82) is 0 Å². The van der Waals surface area contributed by atoms with Crippen LogP contribution in [-0.4, -0.2) is 11.0 Å². The van der Waals surface area contributed by atoms with E-state index in [1.807, 2.05) is 49.4 Å². The van der Waals surface area contributed by atoms with Crippen molar-refractivity contribution >= 4 is 34.1 Å². The molecule has 0 atom stereocenters. The van der Waals surface area contributed by atoms with Crippen molar-refractivity contribution in [3.8, 4) is 0 Å². The fourth-order valence-corrected chi connectivity index (χ4v) is 2.51. The molecule has 0 spiro atoms. The van der Waals surface area contributed by atoms with Gasteiger partial charge < -0.3 is 10.6 Å². The van der Waals surface area contributed by atoms with Gasteiger partial charge in [0.15, 0.2) is 0 Å². The molecule has 3 rings (SSSR count). The molecule has 0 aliphatic carbocycles. The number of nitrogens with zero attached hydrogens (tertiary/aromatic N) is 1. The Bertz CT molecular complexity index is 859. The smallest absolute Gasteiger partial charge is 0.319 e. The van der Waals surface area contributed by atoms with Gasteiger partial charge in [-0.15, -0.1) is 0 Å². The zero-order valence-corrected chi connectivity index (χ0v) is 13.4. The first-order chi connectivity index (χ1) is 11.1. The van der Waals surface area contributed by atoms with E-state index in [9.17, 15) is 4.79 Å². The Morgan fingerprint density at radius 1 is 1.17 bits per heavy atom. The zero-order chi connectivity index (χ0) is 16.2. The summed E-state index contributed by atoms with van der Waals surface area (Å²) >= 11 is 6.05. The van der Waals surface area contributed by atoms with Crippen molar-refractivity contribution < 1.29 is 4.79 Å². The molecule has 0 unspecified atom stereocenters. The predicted octanol–water partition coefficient (Wildman–Crippen LogP) is 4.52. The minimum Gasteiger partial charge on any atom is -0.332 e. The van der Waals surface area contributed by atoms with Gasteiger partial charge >= 0.3 is 6.03 Å². The molecule has 0 radical (unpaired) electrons. The van der Waals surface area contributed by atoms with E-state index in [4.69, 9.17) is 11.6 Å². The van der Waals surface area contributed by atoms with E-state index in [1.165, 1.54) is 0 Å². The Labute approximate surface area is 139 Å². The van der Waals surface area contributed by atoms with Crippen LogP contribution < -0.4 is 10.6 Å². The third-order valence-corrected chi connectivity index (χ3v) is 4.01. The highest BCUT2D eigenvalue weighted by atomic mass is 35.5. The summed E-state index contributed by atoms with van der Waals surface area (Å²) < 4.78 is 0. The number of carbonyl (C=O) groups excluding carboxylic acids is 1. The van der Waals surface area contributed by atoms with Crippen LogP contribution in [0, 0.1) is 6.92 Å². The van der Waals surface area contributed by atoms with Crippen molar-refractivity contribution in [3.63, 3.8) is 0 Å². The molecule has 1 aromatic heterocycles. The lowest BCUT2D eigenvalue weighted by Gasteiger charge is -2.10. The third kappa shape index (κ3) is 3.60. The summed E-state index contributed by atoms with van der Waals surface area (Å²) in [7, 11) is 0. The van der Waals surface area contributed by atoms with Crippen molar-refractivity contribution in [1.82, 2.24) is 10.3 Å². The van der Waals surface area contributed by atoms with Gasteiger partial charge in [-0.05, 0) is 36.1 Å². The first-order valence-corrected chi connectivity index (χ1v) is 7.65. The van der Waals surface area contributed by atoms with Crippen LogP contribution in [-0.2, 0) is 6.54 Å². The van der Waals surface area contributed by atoms with Gasteiger partial charge in [0, 0.05) is 22.3 Å². The fourth-order valence-electron chi connectivity index (χ4n) is 2.33. The quantitative estimate of drug-likeness (QED) is 0.744. The van der Waals surface area contributed by atoms with Crippen LogP contribution in [0.15, 0.2) is 54.7 Å². The molecular formula is C18H16ClN3O. The average Bonchev–Trinajstić information content (AvgIpc) is 2.56. The largest absolute Gasteiger partial charge is 0.332 e. The Hall–Kier alpha value is -2.59. The zero-order valence-electron chi connectivity index (χ0n) is 12.6. The number of aryl methyl sites for hydroxylation is 1. The molecule has 4 nitrogen and oxygen atoms in total. The SMILES string of the molecule is Cc1ccc(NC(=O)NCc2nccc3ccccc23)cc1Cl. The average molecular weight is 326 g/mol. The van der Waals surface area contributed by atoms with Crippen molar-refractivity contribution in [2.75, 3.05) is 5.32 Å². The number of benzene rings is 2. The number of fused-ring (bicyclic) bond motifs is 1. The fraction of sp³-hybridized carbons (Fsp3) is 0.111. The second kappa shape index (κ2) is 6.67. The van der Waals surface area contributed by atoms with E-state index in [1.54, 1.807) is 12.3 Å². The minimum absolute atomic E-state index is 0.292. The maximum absolute atomic E-state index is 12.0. The Kier molecular flexibility index (Phi) is 4.44. The second-order valence-electron chi connectivity index (χ2n) is 5.25. The first kappa shape index (κ1) is 15.3. The highest BCUT2D eigenvalue weighted by Crippen LogP contribution is 2.20. The number of halogens is 1. The second-order valence-corrected chi connectivity index (χ2v) is 5.66. The van der Waals surface area contributed by atoms with Gasteiger partial charge in [0.2, 0.25) is 0 Å². The van der Waals surface area contributed by atoms with Gasteiger partial charge in [0.1, 0.15) is 0 Å². The van der Waals surface area contributed by atoms with Gasteiger partial charge in [-0.2, -0.15) is 0 Å². The maximum atomic E-state index is 12.0. The van der Waals surface area contributed by atoms with Crippen LogP contribution in [0.2, 0.25) is 5.02 Å². The van der Waals surface area contributed by atoms with Crippen molar-refractivity contribution in [2.45, 2.75) is 13.5 Å². The van der Waals surface area contributed by atoms with Crippen molar-refractivity contribution in [2.24, 2.45) is 0 Å². The molecule has 0 aliphatic rings. The summed E-state index contributed by atoms with van der Waals surface area (Å²) in [6.07, 6.45) is 1.75. The number of pyridine rings is 1. The van der Waals surface area contributed by atoms with E-state index < -0.39 is 0 Å². The lowest BCUT2D eigenvalue weighted by Crippen LogP contribution is -2.28. The summed E-state index contributed by atoms with van der Waals surface area (Å²) in [5.41, 5.74) is 2.46. The van der Waals surface area contributed by atoms with E-state index in [0.717, 1.165) is 22.0 Å². The lowest BCUT2D eigenvalue weighted by atomic mass is 10.1. The molecule has 2 amide bonds. The van der Waals surface area contributed by atoms with Gasteiger partial charge in [-0.3, -0.25) is 4.98 Å². The van der Waals surface area contributed by atoms with Crippen LogP contribution >= 0.6 is 11.6 Å². The molecule has 0 fully saturated rings. The van der Waals surface area contributed by atoms with Gasteiger partial charge in [-0.25, -0.2) is 4.79 Å². The van der Waals surface area contributed by atoms with Crippen LogP contribution in [0.25, 0.3) is 10.8 Å². The number of hydrogen-bond acceptors (Lipinski definition) is 2. The molecule has 0 bridgehead atoms. The van der Waals surface area contributed by atoms with E-state index in [-0.39, 0.29) is 6.03 Å². The molecule has 2 aromatic carbocycles. The topological polar surface area (TPSA) is 54.0 Å². The van der Waals surface area contributed by atoms with Gasteiger partial charge in [0.05, 0.1) is 12.2 Å². The normalized spacial score (nSPS) is 10.5. The van der Waals surface area contributed by atoms with Gasteiger partial charge in [0.25, 0.3) is 0 Å². The molecular weight excluding hydrogens is 310 g/mol.